The van der Waals surface area contributed by atoms with Crippen LogP contribution < -0.4 is 9.47 Å². The molecule has 0 spiro atoms. The fourth-order valence-corrected chi connectivity index (χ4v) is 1.96. The molecule has 0 heterocycles. The van der Waals surface area contributed by atoms with Crippen LogP contribution >= 0.6 is 0 Å². The van der Waals surface area contributed by atoms with E-state index in [2.05, 4.69) is 0 Å². The average Bonchev–Trinajstić information content (AvgIpc) is 2.48. The van der Waals surface area contributed by atoms with Crippen LogP contribution in [0.25, 0.3) is 0 Å². The topological polar surface area (TPSA) is 38.7 Å². The number of aliphatic hydroxyl groups is 1. The van der Waals surface area contributed by atoms with Crippen molar-refractivity contribution >= 4 is 0 Å². The fraction of sp³-hybridized carbons (Fsp3) is 0.250. The van der Waals surface area contributed by atoms with E-state index in [9.17, 15) is 9.50 Å². The first-order valence-electron chi connectivity index (χ1n) is 6.22. The summed E-state index contributed by atoms with van der Waals surface area (Å²) in [5, 5.41) is 10.4. The molecule has 2 rings (SSSR count). The average molecular weight is 276 g/mol. The quantitative estimate of drug-likeness (QED) is 0.931. The Morgan fingerprint density at radius 2 is 1.55 bits per heavy atom. The number of aryl methyl sites for hydroxylation is 1. The normalized spacial score (nSPS) is 12.1. The summed E-state index contributed by atoms with van der Waals surface area (Å²) in [5.41, 5.74) is 1.62. The molecule has 20 heavy (non-hydrogen) atoms. The van der Waals surface area contributed by atoms with Crippen molar-refractivity contribution in [2.24, 2.45) is 0 Å². The zero-order valence-electron chi connectivity index (χ0n) is 11.7. The Kier molecular flexibility index (Phi) is 4.25. The van der Waals surface area contributed by atoms with Crippen LogP contribution in [-0.2, 0) is 0 Å². The van der Waals surface area contributed by atoms with E-state index in [0.717, 1.165) is 0 Å². The van der Waals surface area contributed by atoms with Gasteiger partial charge in [-0.3, -0.25) is 0 Å². The molecule has 0 aliphatic rings. The van der Waals surface area contributed by atoms with Gasteiger partial charge in [0.1, 0.15) is 23.4 Å². The molecule has 0 aromatic heterocycles. The number of halogens is 1. The van der Waals surface area contributed by atoms with Gasteiger partial charge in [0.2, 0.25) is 0 Å². The van der Waals surface area contributed by atoms with Crippen molar-refractivity contribution in [3.8, 4) is 11.5 Å². The van der Waals surface area contributed by atoms with E-state index in [4.69, 9.17) is 9.47 Å². The maximum Gasteiger partial charge on any atom is 0.126 e. The molecule has 1 atom stereocenters. The lowest BCUT2D eigenvalue weighted by atomic mass is 10.00. The van der Waals surface area contributed by atoms with Crippen molar-refractivity contribution in [3.63, 3.8) is 0 Å². The van der Waals surface area contributed by atoms with E-state index in [1.54, 1.807) is 37.3 Å². The second-order valence-corrected chi connectivity index (χ2v) is 4.56. The number of hydrogen-bond donors (Lipinski definition) is 1. The standard InChI is InChI=1S/C16H17FO3/c1-10-4-5-11(8-15(10)17)16(18)12-6-13(19-2)9-14(7-12)20-3/h4-9,16,18H,1-3H3. The molecule has 0 bridgehead atoms. The van der Waals surface area contributed by atoms with Gasteiger partial charge in [-0.2, -0.15) is 0 Å². The maximum absolute atomic E-state index is 13.6. The van der Waals surface area contributed by atoms with Crippen LogP contribution in [-0.4, -0.2) is 19.3 Å². The molecule has 1 N–H and O–H groups in total. The molecule has 0 radical (unpaired) electrons. The first-order chi connectivity index (χ1) is 9.55. The Morgan fingerprint density at radius 3 is 2.05 bits per heavy atom. The molecular weight excluding hydrogens is 259 g/mol. The third-order valence-electron chi connectivity index (χ3n) is 3.20. The van der Waals surface area contributed by atoms with Gasteiger partial charge in [0.05, 0.1) is 14.2 Å². The molecule has 2 aromatic carbocycles. The lowest BCUT2D eigenvalue weighted by molar-refractivity contribution is 0.218. The van der Waals surface area contributed by atoms with Crippen molar-refractivity contribution in [1.29, 1.82) is 0 Å². The Hall–Kier alpha value is -2.07. The SMILES string of the molecule is COc1cc(OC)cc(C(O)c2ccc(C)c(F)c2)c1. The molecule has 0 fully saturated rings. The molecule has 0 aliphatic carbocycles. The highest BCUT2D eigenvalue weighted by Crippen LogP contribution is 2.30. The molecule has 2 aromatic rings. The van der Waals surface area contributed by atoms with E-state index < -0.39 is 6.10 Å². The monoisotopic (exact) mass is 276 g/mol. The molecule has 3 nitrogen and oxygen atoms in total. The van der Waals surface area contributed by atoms with Crippen molar-refractivity contribution in [2.45, 2.75) is 13.0 Å². The Labute approximate surface area is 117 Å². The number of rotatable bonds is 4. The highest BCUT2D eigenvalue weighted by Gasteiger charge is 2.14. The van der Waals surface area contributed by atoms with Gasteiger partial charge in [-0.05, 0) is 41.8 Å². The summed E-state index contributed by atoms with van der Waals surface area (Å²) in [6.45, 7) is 1.68. The molecule has 0 amide bonds. The minimum atomic E-state index is -0.936. The fourth-order valence-electron chi connectivity index (χ4n) is 1.96. The van der Waals surface area contributed by atoms with Gasteiger partial charge < -0.3 is 14.6 Å². The molecule has 0 saturated carbocycles. The summed E-state index contributed by atoms with van der Waals surface area (Å²) >= 11 is 0. The molecule has 106 valence electrons. The molecule has 4 heteroatoms. The summed E-state index contributed by atoms with van der Waals surface area (Å²) in [4.78, 5) is 0. The van der Waals surface area contributed by atoms with Gasteiger partial charge in [-0.1, -0.05) is 12.1 Å². The molecule has 0 saturated heterocycles. The number of benzene rings is 2. The van der Waals surface area contributed by atoms with E-state index in [1.165, 1.54) is 20.3 Å². The maximum atomic E-state index is 13.6. The van der Waals surface area contributed by atoms with Gasteiger partial charge in [-0.25, -0.2) is 4.39 Å². The van der Waals surface area contributed by atoms with Crippen LogP contribution in [0.1, 0.15) is 22.8 Å². The highest BCUT2D eigenvalue weighted by atomic mass is 19.1. The Bertz CT molecular complexity index is 588. The largest absolute Gasteiger partial charge is 0.497 e. The third kappa shape index (κ3) is 2.91. The van der Waals surface area contributed by atoms with E-state index >= 15 is 0 Å². The molecular formula is C16H17FO3. The number of methoxy groups -OCH3 is 2. The number of ether oxygens (including phenoxy) is 2. The summed E-state index contributed by atoms with van der Waals surface area (Å²) in [7, 11) is 3.08. The molecule has 1 unspecified atom stereocenters. The second kappa shape index (κ2) is 5.92. The molecule has 0 aliphatic heterocycles. The van der Waals surface area contributed by atoms with Gasteiger partial charge in [-0.15, -0.1) is 0 Å². The van der Waals surface area contributed by atoms with Crippen LogP contribution in [0.15, 0.2) is 36.4 Å². The number of aliphatic hydroxyl groups excluding tert-OH is 1. The minimum absolute atomic E-state index is 0.337. The van der Waals surface area contributed by atoms with Crippen LogP contribution in [0.2, 0.25) is 0 Å². The van der Waals surface area contributed by atoms with Crippen molar-refractivity contribution in [2.75, 3.05) is 14.2 Å². The summed E-state index contributed by atoms with van der Waals surface area (Å²) in [5.74, 6) is 0.813. The smallest absolute Gasteiger partial charge is 0.126 e. The summed E-state index contributed by atoms with van der Waals surface area (Å²) < 4.78 is 23.9. The number of hydrogen-bond acceptors (Lipinski definition) is 3. The summed E-state index contributed by atoms with van der Waals surface area (Å²) in [6, 6.07) is 9.80. The summed E-state index contributed by atoms with van der Waals surface area (Å²) in [6.07, 6.45) is -0.936. The van der Waals surface area contributed by atoms with Crippen LogP contribution in [0.5, 0.6) is 11.5 Å². The Balaban J connectivity index is 2.41. The predicted octanol–water partition coefficient (Wildman–Crippen LogP) is 3.23. The Morgan fingerprint density at radius 1 is 0.950 bits per heavy atom. The van der Waals surface area contributed by atoms with Crippen molar-refractivity contribution < 1.29 is 19.0 Å². The van der Waals surface area contributed by atoms with Gasteiger partial charge >= 0.3 is 0 Å². The lowest BCUT2D eigenvalue weighted by Crippen LogP contribution is -2.02. The van der Waals surface area contributed by atoms with Crippen molar-refractivity contribution in [3.05, 3.63) is 58.9 Å². The third-order valence-corrected chi connectivity index (χ3v) is 3.20. The zero-order valence-corrected chi connectivity index (χ0v) is 11.7. The van der Waals surface area contributed by atoms with E-state index in [1.807, 2.05) is 0 Å². The van der Waals surface area contributed by atoms with Crippen molar-refractivity contribution in [1.82, 2.24) is 0 Å². The van der Waals surface area contributed by atoms with Crippen LogP contribution in [0.4, 0.5) is 4.39 Å². The zero-order chi connectivity index (χ0) is 14.7. The van der Waals surface area contributed by atoms with E-state index in [-0.39, 0.29) is 5.82 Å². The van der Waals surface area contributed by atoms with Gasteiger partial charge in [0.25, 0.3) is 0 Å². The minimum Gasteiger partial charge on any atom is -0.497 e. The highest BCUT2D eigenvalue weighted by molar-refractivity contribution is 5.42. The van der Waals surface area contributed by atoms with Gasteiger partial charge in [0.15, 0.2) is 0 Å². The van der Waals surface area contributed by atoms with E-state index in [0.29, 0.717) is 28.2 Å². The second-order valence-electron chi connectivity index (χ2n) is 4.56. The lowest BCUT2D eigenvalue weighted by Gasteiger charge is -2.15. The first kappa shape index (κ1) is 14.3. The van der Waals surface area contributed by atoms with Gasteiger partial charge in [0, 0.05) is 6.07 Å². The van der Waals surface area contributed by atoms with Crippen LogP contribution in [0, 0.1) is 12.7 Å². The van der Waals surface area contributed by atoms with Crippen LogP contribution in [0.3, 0.4) is 0 Å². The predicted molar refractivity (Wildman–Crippen MR) is 74.7 cm³/mol. The first-order valence-corrected chi connectivity index (χ1v) is 6.22.